The molecule has 0 bridgehead atoms. The van der Waals surface area contributed by atoms with Gasteiger partial charge in [0, 0.05) is 4.47 Å². The van der Waals surface area contributed by atoms with E-state index in [1.54, 1.807) is 4.68 Å². The Labute approximate surface area is 170 Å². The average Bonchev–Trinajstić information content (AvgIpc) is 3.14. The van der Waals surface area contributed by atoms with Crippen molar-refractivity contribution in [2.24, 2.45) is 0 Å². The number of para-hydroxylation sites is 1. The number of halogens is 1. The number of rotatable bonds is 6. The van der Waals surface area contributed by atoms with E-state index in [1.807, 2.05) is 48.5 Å². The quantitative estimate of drug-likeness (QED) is 0.442. The number of benzene rings is 2. The highest BCUT2D eigenvalue weighted by Crippen LogP contribution is 2.28. The molecule has 142 valence electrons. The molecule has 0 amide bonds. The van der Waals surface area contributed by atoms with Crippen molar-refractivity contribution < 1.29 is 4.74 Å². The lowest BCUT2D eigenvalue weighted by atomic mass is 10.2. The van der Waals surface area contributed by atoms with Crippen LogP contribution >= 0.6 is 15.9 Å². The van der Waals surface area contributed by atoms with Gasteiger partial charge in [0.05, 0.1) is 24.1 Å². The largest absolute Gasteiger partial charge is 0.493 e. The molecule has 0 aliphatic heterocycles. The second-order valence-corrected chi connectivity index (χ2v) is 7.30. The smallest absolute Gasteiger partial charge is 0.262 e. The maximum atomic E-state index is 12.6. The molecule has 4 aromatic rings. The van der Waals surface area contributed by atoms with Gasteiger partial charge in [-0.3, -0.25) is 4.79 Å². The fourth-order valence-electron chi connectivity index (χ4n) is 2.93. The summed E-state index contributed by atoms with van der Waals surface area (Å²) in [5.74, 6) is 1.16. The van der Waals surface area contributed by atoms with E-state index >= 15 is 0 Å². The highest BCUT2D eigenvalue weighted by atomic mass is 79.9. The van der Waals surface area contributed by atoms with Crippen LogP contribution in [-0.2, 0) is 0 Å². The molecule has 2 heterocycles. The monoisotopic (exact) mass is 438 g/mol. The third-order valence-electron chi connectivity index (χ3n) is 4.41. The van der Waals surface area contributed by atoms with Gasteiger partial charge in [-0.1, -0.05) is 41.4 Å². The number of aromatic amines is 1. The summed E-state index contributed by atoms with van der Waals surface area (Å²) in [5, 5.41) is 4.80. The van der Waals surface area contributed by atoms with E-state index in [1.165, 1.54) is 6.20 Å². The van der Waals surface area contributed by atoms with Gasteiger partial charge in [0.15, 0.2) is 5.65 Å². The summed E-state index contributed by atoms with van der Waals surface area (Å²) in [6, 6.07) is 15.3. The maximum Gasteiger partial charge on any atom is 0.262 e. The minimum Gasteiger partial charge on any atom is -0.493 e. The van der Waals surface area contributed by atoms with Gasteiger partial charge in [-0.2, -0.15) is 5.10 Å². The molecular formula is C21H19BrN4O2. The lowest BCUT2D eigenvalue weighted by Crippen LogP contribution is -2.11. The number of nitrogens with one attached hydrogen (secondary N) is 1. The third-order valence-corrected chi connectivity index (χ3v) is 4.94. The SMILES string of the molecule is CCCCOc1ccccc1-c1nc2c(cnn2-c2ccc(Br)cc2)c(=O)[nH]1. The predicted molar refractivity (Wildman–Crippen MR) is 113 cm³/mol. The molecule has 1 N–H and O–H groups in total. The number of aromatic nitrogens is 4. The van der Waals surface area contributed by atoms with Crippen LogP contribution < -0.4 is 10.3 Å². The highest BCUT2D eigenvalue weighted by molar-refractivity contribution is 9.10. The number of ether oxygens (including phenoxy) is 1. The summed E-state index contributed by atoms with van der Waals surface area (Å²) in [6.45, 7) is 2.74. The van der Waals surface area contributed by atoms with Gasteiger partial charge in [0.25, 0.3) is 5.56 Å². The number of nitrogens with zero attached hydrogens (tertiary/aromatic N) is 3. The minimum absolute atomic E-state index is 0.230. The van der Waals surface area contributed by atoms with Crippen LogP contribution in [-0.4, -0.2) is 26.4 Å². The van der Waals surface area contributed by atoms with E-state index in [-0.39, 0.29) is 5.56 Å². The summed E-state index contributed by atoms with van der Waals surface area (Å²) < 4.78 is 8.54. The van der Waals surface area contributed by atoms with Crippen LogP contribution in [0.1, 0.15) is 19.8 Å². The number of H-pyrrole nitrogens is 1. The fraction of sp³-hybridized carbons (Fsp3) is 0.190. The van der Waals surface area contributed by atoms with Crippen molar-refractivity contribution in [2.45, 2.75) is 19.8 Å². The zero-order valence-corrected chi connectivity index (χ0v) is 16.9. The molecule has 7 heteroatoms. The number of hydrogen-bond acceptors (Lipinski definition) is 4. The molecule has 0 saturated carbocycles. The zero-order chi connectivity index (χ0) is 19.5. The number of unbranched alkanes of at least 4 members (excludes halogenated alkanes) is 1. The van der Waals surface area contributed by atoms with Gasteiger partial charge in [-0.15, -0.1) is 0 Å². The van der Waals surface area contributed by atoms with Gasteiger partial charge in [0.2, 0.25) is 0 Å². The average molecular weight is 439 g/mol. The number of fused-ring (bicyclic) bond motifs is 1. The third kappa shape index (κ3) is 3.57. The Balaban J connectivity index is 1.83. The first-order valence-electron chi connectivity index (χ1n) is 9.13. The Bertz CT molecular complexity index is 1170. The van der Waals surface area contributed by atoms with Gasteiger partial charge in [0.1, 0.15) is 17.0 Å². The van der Waals surface area contributed by atoms with Crippen molar-refractivity contribution in [3.63, 3.8) is 0 Å². The lowest BCUT2D eigenvalue weighted by molar-refractivity contribution is 0.310. The first-order valence-corrected chi connectivity index (χ1v) is 9.93. The Morgan fingerprint density at radius 3 is 2.71 bits per heavy atom. The van der Waals surface area contributed by atoms with Gasteiger partial charge < -0.3 is 9.72 Å². The Morgan fingerprint density at radius 1 is 1.14 bits per heavy atom. The van der Waals surface area contributed by atoms with Crippen LogP contribution in [0, 0.1) is 0 Å². The fourth-order valence-corrected chi connectivity index (χ4v) is 3.20. The first kappa shape index (κ1) is 18.4. The molecule has 0 atom stereocenters. The minimum atomic E-state index is -0.230. The number of hydrogen-bond donors (Lipinski definition) is 1. The van der Waals surface area contributed by atoms with Crippen molar-refractivity contribution in [3.8, 4) is 22.8 Å². The summed E-state index contributed by atoms with van der Waals surface area (Å²) in [5.41, 5.74) is 1.85. The van der Waals surface area contributed by atoms with Gasteiger partial charge in [-0.05, 0) is 42.8 Å². The van der Waals surface area contributed by atoms with Crippen LogP contribution in [0.25, 0.3) is 28.1 Å². The normalized spacial score (nSPS) is 11.1. The van der Waals surface area contributed by atoms with E-state index in [0.29, 0.717) is 29.2 Å². The molecule has 0 saturated heterocycles. The molecule has 0 radical (unpaired) electrons. The first-order chi connectivity index (χ1) is 13.7. The maximum absolute atomic E-state index is 12.6. The highest BCUT2D eigenvalue weighted by Gasteiger charge is 2.15. The van der Waals surface area contributed by atoms with Crippen molar-refractivity contribution in [2.75, 3.05) is 6.61 Å². The Kier molecular flexibility index (Phi) is 5.25. The van der Waals surface area contributed by atoms with Gasteiger partial charge >= 0.3 is 0 Å². The molecule has 0 unspecified atom stereocenters. The molecular weight excluding hydrogens is 420 g/mol. The van der Waals surface area contributed by atoms with Crippen LogP contribution in [0.2, 0.25) is 0 Å². The molecule has 2 aromatic carbocycles. The van der Waals surface area contributed by atoms with Crippen LogP contribution in [0.4, 0.5) is 0 Å². The Morgan fingerprint density at radius 2 is 1.93 bits per heavy atom. The molecule has 2 aromatic heterocycles. The molecule has 28 heavy (non-hydrogen) atoms. The van der Waals surface area contributed by atoms with Crippen molar-refractivity contribution in [3.05, 3.63) is 69.6 Å². The van der Waals surface area contributed by atoms with Crippen LogP contribution in [0.5, 0.6) is 5.75 Å². The van der Waals surface area contributed by atoms with E-state index < -0.39 is 0 Å². The Hall–Kier alpha value is -2.93. The van der Waals surface area contributed by atoms with E-state index in [4.69, 9.17) is 9.72 Å². The van der Waals surface area contributed by atoms with E-state index in [0.717, 1.165) is 28.6 Å². The molecule has 0 aliphatic carbocycles. The van der Waals surface area contributed by atoms with Crippen molar-refractivity contribution >= 4 is 27.0 Å². The topological polar surface area (TPSA) is 72.8 Å². The van der Waals surface area contributed by atoms with E-state index in [9.17, 15) is 4.79 Å². The van der Waals surface area contributed by atoms with Gasteiger partial charge in [-0.25, -0.2) is 9.67 Å². The zero-order valence-electron chi connectivity index (χ0n) is 15.4. The molecule has 0 spiro atoms. The molecule has 6 nitrogen and oxygen atoms in total. The summed E-state index contributed by atoms with van der Waals surface area (Å²) in [7, 11) is 0. The summed E-state index contributed by atoms with van der Waals surface area (Å²) in [6.07, 6.45) is 3.56. The summed E-state index contributed by atoms with van der Waals surface area (Å²) >= 11 is 3.43. The lowest BCUT2D eigenvalue weighted by Gasteiger charge is -2.11. The van der Waals surface area contributed by atoms with Crippen molar-refractivity contribution in [1.82, 2.24) is 19.7 Å². The van der Waals surface area contributed by atoms with Crippen molar-refractivity contribution in [1.29, 1.82) is 0 Å². The van der Waals surface area contributed by atoms with E-state index in [2.05, 4.69) is 32.9 Å². The van der Waals surface area contributed by atoms with Crippen LogP contribution in [0.15, 0.2) is 64.0 Å². The second kappa shape index (κ2) is 7.98. The predicted octanol–water partition coefficient (Wildman–Crippen LogP) is 4.72. The van der Waals surface area contributed by atoms with Crippen LogP contribution in [0.3, 0.4) is 0 Å². The standard InChI is InChI=1S/C21H19BrN4O2/c1-2-3-12-28-18-7-5-4-6-16(18)19-24-20-17(21(27)25-19)13-23-26(20)15-10-8-14(22)9-11-15/h4-11,13H,2-3,12H2,1H3,(H,24,25,27). The molecule has 4 rings (SSSR count). The molecule has 0 fully saturated rings. The molecule has 0 aliphatic rings. The summed E-state index contributed by atoms with van der Waals surface area (Å²) in [4.78, 5) is 20.2. The second-order valence-electron chi connectivity index (χ2n) is 6.38.